The molecule has 0 saturated carbocycles. The van der Waals surface area contributed by atoms with Gasteiger partial charge >= 0.3 is 17.9 Å². The molecular weight excluding hydrogens is 477 g/mol. The van der Waals surface area contributed by atoms with Gasteiger partial charge in [-0.15, -0.1) is 0 Å². The van der Waals surface area contributed by atoms with E-state index in [1.807, 2.05) is 0 Å². The number of carboxylic acids is 2. The third-order valence-corrected chi connectivity index (χ3v) is 2.94. The maximum atomic E-state index is 11.0. The minimum absolute atomic E-state index is 0. The molecule has 0 aliphatic carbocycles. The Kier molecular flexibility index (Phi) is 33.2. The van der Waals surface area contributed by atoms with Gasteiger partial charge in [0, 0.05) is 71.9 Å². The molecule has 30 heavy (non-hydrogen) atoms. The van der Waals surface area contributed by atoms with Gasteiger partial charge in [-0.2, -0.15) is 0 Å². The first-order valence-corrected chi connectivity index (χ1v) is 8.19. The number of ketones is 3. The van der Waals surface area contributed by atoms with Crippen molar-refractivity contribution in [2.75, 3.05) is 13.9 Å². The smallest absolute Gasteiger partial charge is 0.308 e. The number of esters is 1. The van der Waals surface area contributed by atoms with E-state index in [0.717, 1.165) is 0 Å². The minimum Gasteiger partial charge on any atom is -0.481 e. The summed E-state index contributed by atoms with van der Waals surface area (Å²) >= 11 is 0. The fourth-order valence-electron chi connectivity index (χ4n) is 1.50. The van der Waals surface area contributed by atoms with Crippen LogP contribution >= 0.6 is 0 Å². The van der Waals surface area contributed by atoms with Crippen LogP contribution in [0.15, 0.2) is 0 Å². The summed E-state index contributed by atoms with van der Waals surface area (Å²) in [5.74, 6) is -2.99. The second kappa shape index (κ2) is 25.5. The van der Waals surface area contributed by atoms with Crippen LogP contribution < -0.4 is 0 Å². The first-order valence-electron chi connectivity index (χ1n) is 8.19. The van der Waals surface area contributed by atoms with E-state index in [4.69, 9.17) is 10.2 Å². The van der Waals surface area contributed by atoms with Gasteiger partial charge in [0.15, 0.2) is 6.79 Å². The van der Waals surface area contributed by atoms with Gasteiger partial charge in [-0.25, -0.2) is 0 Å². The molecule has 1 radical (unpaired) electrons. The number of aliphatic carboxylic acids is 2. The van der Waals surface area contributed by atoms with Crippen molar-refractivity contribution < 1.29 is 81.2 Å². The summed E-state index contributed by atoms with van der Waals surface area (Å²) in [4.78, 5) is 63.3. The Balaban J connectivity index is -0.000000129. The first-order chi connectivity index (χ1) is 12.6. The van der Waals surface area contributed by atoms with E-state index in [1.54, 1.807) is 0 Å². The summed E-state index contributed by atoms with van der Waals surface area (Å²) in [5.41, 5.74) is 0. The fraction of sp³-hybridized carbons (Fsp3) is 0.684. The molecule has 0 heterocycles. The van der Waals surface area contributed by atoms with Crippen molar-refractivity contribution in [2.24, 2.45) is 0 Å². The number of Topliss-reactive ketones (excluding diaryl/α,β-unsaturated/α-hetero) is 3. The van der Waals surface area contributed by atoms with Gasteiger partial charge in [0.25, 0.3) is 0 Å². The Labute approximate surface area is 202 Å². The predicted molar refractivity (Wildman–Crippen MR) is 104 cm³/mol. The summed E-state index contributed by atoms with van der Waals surface area (Å²) < 4.78 is 9.03. The number of ether oxygens (including phenoxy) is 2. The molecule has 0 saturated heterocycles. The number of carbonyl (C=O) groups excluding carboxylic acids is 4. The number of methoxy groups -OCH3 is 1. The standard InChI is InChI=1S/C9H14O6.C8H12O4.2CH4.Y/c1-14-6-15-9(13)5-3-7(10)2-4-8(11)12;1-6(9)2-3-7(10)4-5-8(11)12;;;/h2-6H2,1H3,(H,11,12);2-5H2,1H3,(H,11,12);2*1H4;. The maximum Gasteiger partial charge on any atom is 0.308 e. The zero-order chi connectivity index (χ0) is 21.2. The zero-order valence-electron chi connectivity index (χ0n) is 16.1. The van der Waals surface area contributed by atoms with Crippen molar-refractivity contribution in [3.63, 3.8) is 0 Å². The number of rotatable bonds is 14. The molecule has 0 spiro atoms. The molecule has 0 fully saturated rings. The summed E-state index contributed by atoms with van der Waals surface area (Å²) in [6, 6.07) is 0. The molecule has 0 amide bonds. The van der Waals surface area contributed by atoms with Crippen molar-refractivity contribution in [1.82, 2.24) is 0 Å². The van der Waals surface area contributed by atoms with Crippen molar-refractivity contribution in [3.8, 4) is 0 Å². The van der Waals surface area contributed by atoms with E-state index in [2.05, 4.69) is 9.47 Å². The normalized spacial score (nSPS) is 8.60. The van der Waals surface area contributed by atoms with Crippen LogP contribution in [0.3, 0.4) is 0 Å². The molecule has 0 rings (SSSR count). The van der Waals surface area contributed by atoms with Gasteiger partial charge in [0.05, 0.1) is 19.3 Å². The minimum atomic E-state index is -1.02. The second-order valence-electron chi connectivity index (χ2n) is 5.49. The van der Waals surface area contributed by atoms with Crippen LogP contribution in [0.25, 0.3) is 0 Å². The van der Waals surface area contributed by atoms with E-state index < -0.39 is 17.9 Å². The Morgan fingerprint density at radius 3 is 1.37 bits per heavy atom. The van der Waals surface area contributed by atoms with Crippen LogP contribution in [0.1, 0.15) is 73.1 Å². The van der Waals surface area contributed by atoms with E-state index in [0.29, 0.717) is 0 Å². The SMILES string of the molecule is C.C.CC(=O)CCC(=O)CCC(=O)O.COCOC(=O)CCC(=O)CCC(=O)O.[Y]. The Morgan fingerprint density at radius 2 is 1.03 bits per heavy atom. The Morgan fingerprint density at radius 1 is 0.667 bits per heavy atom. The number of carboxylic acid groups (broad SMARTS) is 2. The van der Waals surface area contributed by atoms with Gasteiger partial charge in [0.1, 0.15) is 17.3 Å². The van der Waals surface area contributed by atoms with Gasteiger partial charge in [-0.05, 0) is 6.92 Å². The van der Waals surface area contributed by atoms with Crippen LogP contribution in [-0.4, -0.2) is 59.4 Å². The van der Waals surface area contributed by atoms with Gasteiger partial charge in [-0.3, -0.25) is 24.0 Å². The first kappa shape index (κ1) is 39.0. The average Bonchev–Trinajstić information content (AvgIpc) is 2.59. The fourth-order valence-corrected chi connectivity index (χ4v) is 1.50. The summed E-state index contributed by atoms with van der Waals surface area (Å²) in [6.45, 7) is 1.27. The van der Waals surface area contributed by atoms with Gasteiger partial charge < -0.3 is 24.5 Å². The van der Waals surface area contributed by atoms with Crippen LogP contribution in [0, 0.1) is 0 Å². The van der Waals surface area contributed by atoms with Crippen LogP contribution in [0.4, 0.5) is 0 Å². The summed E-state index contributed by atoms with van der Waals surface area (Å²) in [5, 5.41) is 16.5. The number of hydrogen-bond acceptors (Lipinski definition) is 8. The average molecular weight is 511 g/mol. The molecule has 0 atom stereocenters. The molecule has 0 aromatic heterocycles. The predicted octanol–water partition coefficient (Wildman–Crippen LogP) is 2.41. The van der Waals surface area contributed by atoms with Crippen LogP contribution in [0.2, 0.25) is 0 Å². The second-order valence-corrected chi connectivity index (χ2v) is 5.49. The Hall–Kier alpha value is -1.52. The van der Waals surface area contributed by atoms with Gasteiger partial charge in [-0.1, -0.05) is 14.9 Å². The molecule has 173 valence electrons. The van der Waals surface area contributed by atoms with Crippen molar-refractivity contribution in [3.05, 3.63) is 0 Å². The quantitative estimate of drug-likeness (QED) is 0.262. The van der Waals surface area contributed by atoms with Crippen LogP contribution in [0.5, 0.6) is 0 Å². The van der Waals surface area contributed by atoms with Gasteiger partial charge in [0.2, 0.25) is 0 Å². The van der Waals surface area contributed by atoms with E-state index >= 15 is 0 Å². The molecule has 11 heteroatoms. The zero-order valence-corrected chi connectivity index (χ0v) is 18.9. The largest absolute Gasteiger partial charge is 0.481 e. The van der Waals surface area contributed by atoms with Crippen molar-refractivity contribution in [2.45, 2.75) is 73.1 Å². The third kappa shape index (κ3) is 34.0. The molecule has 0 bridgehead atoms. The number of hydrogen-bond donors (Lipinski definition) is 2. The van der Waals surface area contributed by atoms with Crippen molar-refractivity contribution >= 4 is 35.3 Å². The maximum absolute atomic E-state index is 11.0. The van der Waals surface area contributed by atoms with E-state index in [1.165, 1.54) is 14.0 Å². The summed E-state index contributed by atoms with van der Waals surface area (Å²) in [6.07, 6.45) is -0.00308. The topological polar surface area (TPSA) is 161 Å². The monoisotopic (exact) mass is 511 g/mol. The number of carbonyl (C=O) groups is 6. The van der Waals surface area contributed by atoms with Crippen molar-refractivity contribution in [1.29, 1.82) is 0 Å². The molecule has 0 aromatic carbocycles. The molecule has 0 aromatic rings. The molecule has 2 N–H and O–H groups in total. The molecular formula is C19H34O10Y. The third-order valence-electron chi connectivity index (χ3n) is 2.94. The van der Waals surface area contributed by atoms with E-state index in [-0.39, 0.29) is 123 Å². The molecule has 10 nitrogen and oxygen atoms in total. The molecule has 0 aliphatic rings. The Bertz CT molecular complexity index is 511. The van der Waals surface area contributed by atoms with Crippen LogP contribution in [-0.2, 0) is 71.0 Å². The summed E-state index contributed by atoms with van der Waals surface area (Å²) in [7, 11) is 1.38. The molecule has 0 aliphatic heterocycles. The molecule has 0 unspecified atom stereocenters. The van der Waals surface area contributed by atoms with E-state index in [9.17, 15) is 28.8 Å².